The second-order valence-electron chi connectivity index (χ2n) is 4.50. The largest absolute Gasteiger partial charge is 0.497 e. The molecular weight excluding hydrogens is 349 g/mol. The van der Waals surface area contributed by atoms with Crippen molar-refractivity contribution in [3.8, 4) is 5.75 Å². The number of ether oxygens (including phenoxy) is 1. The lowest BCUT2D eigenvalue weighted by atomic mass is 10.1. The molecule has 0 aliphatic rings. The summed E-state index contributed by atoms with van der Waals surface area (Å²) in [6.07, 6.45) is 0. The number of benzene rings is 2. The molecule has 19 heavy (non-hydrogen) atoms. The first-order valence-electron chi connectivity index (χ1n) is 6.31. The van der Waals surface area contributed by atoms with Gasteiger partial charge in [0.2, 0.25) is 0 Å². The van der Waals surface area contributed by atoms with Crippen molar-refractivity contribution in [2.75, 3.05) is 7.11 Å². The lowest BCUT2D eigenvalue weighted by Gasteiger charge is -2.14. The average Bonchev–Trinajstić information content (AvgIpc) is 2.46. The molecule has 0 bridgehead atoms. The van der Waals surface area contributed by atoms with Crippen molar-refractivity contribution in [2.45, 2.75) is 19.5 Å². The number of methoxy groups -OCH3 is 1. The van der Waals surface area contributed by atoms with E-state index in [1.165, 1.54) is 14.7 Å². The summed E-state index contributed by atoms with van der Waals surface area (Å²) in [6, 6.07) is 17.1. The fraction of sp³-hybridized carbons (Fsp3) is 0.250. The minimum atomic E-state index is 0.346. The van der Waals surface area contributed by atoms with Crippen LogP contribution in [0.4, 0.5) is 0 Å². The normalized spacial score (nSPS) is 12.2. The molecular formula is C16H18INO. The van der Waals surface area contributed by atoms with Gasteiger partial charge in [0.05, 0.1) is 7.11 Å². The van der Waals surface area contributed by atoms with Crippen molar-refractivity contribution in [3.05, 3.63) is 63.2 Å². The third-order valence-corrected chi connectivity index (χ3v) is 3.86. The van der Waals surface area contributed by atoms with E-state index >= 15 is 0 Å². The predicted molar refractivity (Wildman–Crippen MR) is 87.4 cm³/mol. The Morgan fingerprint density at radius 2 is 1.68 bits per heavy atom. The molecule has 2 nitrogen and oxygen atoms in total. The summed E-state index contributed by atoms with van der Waals surface area (Å²) >= 11 is 2.32. The molecule has 2 aromatic rings. The van der Waals surface area contributed by atoms with E-state index in [-0.39, 0.29) is 0 Å². The van der Waals surface area contributed by atoms with Crippen LogP contribution < -0.4 is 10.1 Å². The van der Waals surface area contributed by atoms with Gasteiger partial charge in [0.1, 0.15) is 5.75 Å². The predicted octanol–water partition coefficient (Wildman–Crippen LogP) is 4.15. The van der Waals surface area contributed by atoms with E-state index in [0.717, 1.165) is 12.3 Å². The van der Waals surface area contributed by atoms with Gasteiger partial charge in [0.25, 0.3) is 0 Å². The molecule has 0 aromatic heterocycles. The smallest absolute Gasteiger partial charge is 0.118 e. The van der Waals surface area contributed by atoms with E-state index in [1.807, 2.05) is 12.1 Å². The van der Waals surface area contributed by atoms with Gasteiger partial charge in [-0.2, -0.15) is 0 Å². The lowest BCUT2D eigenvalue weighted by molar-refractivity contribution is 0.414. The average molecular weight is 367 g/mol. The maximum atomic E-state index is 5.15. The highest BCUT2D eigenvalue weighted by Gasteiger charge is 2.04. The zero-order valence-electron chi connectivity index (χ0n) is 11.2. The molecule has 0 radical (unpaired) electrons. The second kappa shape index (κ2) is 6.91. The van der Waals surface area contributed by atoms with Crippen LogP contribution in [0.15, 0.2) is 48.5 Å². The minimum absolute atomic E-state index is 0.346. The molecule has 100 valence electrons. The van der Waals surface area contributed by atoms with Crippen LogP contribution in [0.2, 0.25) is 0 Å². The molecule has 0 fully saturated rings. The Hall–Kier alpha value is -1.07. The van der Waals surface area contributed by atoms with Gasteiger partial charge < -0.3 is 10.1 Å². The van der Waals surface area contributed by atoms with Crippen LogP contribution in [-0.4, -0.2) is 7.11 Å². The van der Waals surface area contributed by atoms with Crippen LogP contribution in [0.5, 0.6) is 5.75 Å². The first-order chi connectivity index (χ1) is 9.19. The first kappa shape index (κ1) is 14.3. The molecule has 0 aliphatic heterocycles. The Morgan fingerprint density at radius 3 is 2.26 bits per heavy atom. The number of rotatable bonds is 5. The molecule has 0 aliphatic carbocycles. The summed E-state index contributed by atoms with van der Waals surface area (Å²) in [6.45, 7) is 3.04. The second-order valence-corrected chi connectivity index (χ2v) is 5.75. The fourth-order valence-corrected chi connectivity index (χ4v) is 2.24. The number of nitrogens with one attached hydrogen (secondary N) is 1. The Bertz CT molecular complexity index is 507. The van der Waals surface area contributed by atoms with E-state index in [9.17, 15) is 0 Å². The summed E-state index contributed by atoms with van der Waals surface area (Å²) in [4.78, 5) is 0. The highest BCUT2D eigenvalue weighted by molar-refractivity contribution is 14.1. The lowest BCUT2D eigenvalue weighted by Crippen LogP contribution is -2.17. The zero-order chi connectivity index (χ0) is 13.7. The van der Waals surface area contributed by atoms with Gasteiger partial charge in [-0.3, -0.25) is 0 Å². The van der Waals surface area contributed by atoms with Crippen molar-refractivity contribution in [2.24, 2.45) is 0 Å². The van der Waals surface area contributed by atoms with Gasteiger partial charge in [-0.15, -0.1) is 0 Å². The molecule has 0 heterocycles. The first-order valence-corrected chi connectivity index (χ1v) is 7.38. The van der Waals surface area contributed by atoms with Crippen LogP contribution in [0.3, 0.4) is 0 Å². The molecule has 2 aromatic carbocycles. The van der Waals surface area contributed by atoms with Crippen LogP contribution >= 0.6 is 22.6 Å². The molecule has 0 saturated heterocycles. The van der Waals surface area contributed by atoms with Crippen LogP contribution in [-0.2, 0) is 6.54 Å². The summed E-state index contributed by atoms with van der Waals surface area (Å²) in [5, 5.41) is 3.53. The summed E-state index contributed by atoms with van der Waals surface area (Å²) in [5.41, 5.74) is 2.58. The zero-order valence-corrected chi connectivity index (χ0v) is 13.3. The summed E-state index contributed by atoms with van der Waals surface area (Å²) in [7, 11) is 1.69. The van der Waals surface area contributed by atoms with E-state index in [2.05, 4.69) is 71.2 Å². The van der Waals surface area contributed by atoms with Gasteiger partial charge in [-0.1, -0.05) is 24.3 Å². The van der Waals surface area contributed by atoms with Crippen molar-refractivity contribution in [1.29, 1.82) is 0 Å². The van der Waals surface area contributed by atoms with Crippen LogP contribution in [0, 0.1) is 3.57 Å². The Labute approximate surface area is 128 Å². The molecule has 2 rings (SSSR count). The number of hydrogen-bond acceptors (Lipinski definition) is 2. The molecule has 1 N–H and O–H groups in total. The highest BCUT2D eigenvalue weighted by atomic mass is 127. The van der Waals surface area contributed by atoms with E-state index in [0.29, 0.717) is 6.04 Å². The SMILES string of the molecule is COc1ccc(CNC(C)c2ccc(I)cc2)cc1. The van der Waals surface area contributed by atoms with E-state index in [4.69, 9.17) is 4.74 Å². The van der Waals surface area contributed by atoms with Gasteiger partial charge in [0, 0.05) is 16.2 Å². The van der Waals surface area contributed by atoms with Gasteiger partial charge in [-0.25, -0.2) is 0 Å². The third-order valence-electron chi connectivity index (χ3n) is 3.14. The number of hydrogen-bond donors (Lipinski definition) is 1. The Kier molecular flexibility index (Phi) is 5.22. The third kappa shape index (κ3) is 4.21. The maximum absolute atomic E-state index is 5.15. The fourth-order valence-electron chi connectivity index (χ4n) is 1.88. The monoisotopic (exact) mass is 367 g/mol. The van der Waals surface area contributed by atoms with Crippen LogP contribution in [0.25, 0.3) is 0 Å². The number of halogens is 1. The minimum Gasteiger partial charge on any atom is -0.497 e. The maximum Gasteiger partial charge on any atom is 0.118 e. The van der Waals surface area contributed by atoms with Gasteiger partial charge >= 0.3 is 0 Å². The van der Waals surface area contributed by atoms with Gasteiger partial charge in [0.15, 0.2) is 0 Å². The molecule has 3 heteroatoms. The molecule has 0 spiro atoms. The molecule has 0 amide bonds. The molecule has 1 atom stereocenters. The van der Waals surface area contributed by atoms with E-state index in [1.54, 1.807) is 7.11 Å². The van der Waals surface area contributed by atoms with Crippen molar-refractivity contribution in [1.82, 2.24) is 5.32 Å². The highest BCUT2D eigenvalue weighted by Crippen LogP contribution is 2.16. The summed E-state index contributed by atoms with van der Waals surface area (Å²) < 4.78 is 6.42. The van der Waals surface area contributed by atoms with E-state index < -0.39 is 0 Å². The standard InChI is InChI=1S/C16H18INO/c1-12(14-5-7-15(17)8-6-14)18-11-13-3-9-16(19-2)10-4-13/h3-10,12,18H,11H2,1-2H3. The van der Waals surface area contributed by atoms with Gasteiger partial charge in [-0.05, 0) is 64.9 Å². The van der Waals surface area contributed by atoms with Crippen LogP contribution in [0.1, 0.15) is 24.1 Å². The van der Waals surface area contributed by atoms with Crippen molar-refractivity contribution in [3.63, 3.8) is 0 Å². The Morgan fingerprint density at radius 1 is 1.05 bits per heavy atom. The Balaban J connectivity index is 1.92. The summed E-state index contributed by atoms with van der Waals surface area (Å²) in [5.74, 6) is 0.898. The van der Waals surface area contributed by atoms with Crippen molar-refractivity contribution >= 4 is 22.6 Å². The van der Waals surface area contributed by atoms with Crippen molar-refractivity contribution < 1.29 is 4.74 Å². The quantitative estimate of drug-likeness (QED) is 0.802. The topological polar surface area (TPSA) is 21.3 Å². The molecule has 1 unspecified atom stereocenters. The molecule has 0 saturated carbocycles.